The number of nitrogens with one attached hydrogen (secondary N) is 1. The van der Waals surface area contributed by atoms with E-state index in [4.69, 9.17) is 9.47 Å². The standard InChI is InChI=1S/C29H42N2O7/c1-3-4-10-24(34)31(16-18-8-6-5-7-9-18)22-15-21(29(36)30-11-12-32)25-20-13-19(17-33)14-23(37-2)27(20)38-28(25)26(22)35/h13-15,18,22,25-26,28,32-33,35H,3-12,16-17H2,1-2H3,(H,30,36)/t22-,25+,26+,28+/m1/s1. The van der Waals surface area contributed by atoms with Gasteiger partial charge >= 0.3 is 0 Å². The molecule has 0 radical (unpaired) electrons. The average Bonchev–Trinajstić information content (AvgIpc) is 3.34. The van der Waals surface area contributed by atoms with E-state index in [0.29, 0.717) is 47.1 Å². The van der Waals surface area contributed by atoms with Crippen molar-refractivity contribution in [2.24, 2.45) is 5.92 Å². The van der Waals surface area contributed by atoms with Crippen LogP contribution in [0.1, 0.15) is 75.3 Å². The van der Waals surface area contributed by atoms with Gasteiger partial charge in [0, 0.05) is 30.6 Å². The minimum Gasteiger partial charge on any atom is -0.493 e. The summed E-state index contributed by atoms with van der Waals surface area (Å²) in [5.74, 6) is 0.177. The van der Waals surface area contributed by atoms with Gasteiger partial charge in [0.1, 0.15) is 12.2 Å². The molecule has 0 bridgehead atoms. The number of amides is 2. The SMILES string of the molecule is CCCCC(=O)N(CC1CCCCC1)[C@@H]1C=C(C(=O)NCCO)[C@@H]2c3cc(CO)cc(OC)c3O[C@@H]2[C@H]1O. The fourth-order valence-electron chi connectivity index (χ4n) is 6.13. The van der Waals surface area contributed by atoms with Crippen LogP contribution in [0.2, 0.25) is 0 Å². The number of aliphatic hydroxyl groups is 3. The van der Waals surface area contributed by atoms with Gasteiger partial charge in [0.15, 0.2) is 11.5 Å². The molecule has 1 aromatic rings. The number of ether oxygens (including phenoxy) is 2. The fourth-order valence-corrected chi connectivity index (χ4v) is 6.13. The molecule has 4 N–H and O–H groups in total. The number of hydrogen-bond donors (Lipinski definition) is 4. The topological polar surface area (TPSA) is 129 Å². The van der Waals surface area contributed by atoms with Crippen molar-refractivity contribution >= 4 is 11.8 Å². The Hall–Kier alpha value is -2.62. The van der Waals surface area contributed by atoms with E-state index < -0.39 is 24.2 Å². The summed E-state index contributed by atoms with van der Waals surface area (Å²) in [4.78, 5) is 28.7. The normalized spacial score (nSPS) is 24.6. The molecule has 0 aromatic heterocycles. The number of hydrogen-bond acceptors (Lipinski definition) is 7. The maximum atomic E-state index is 13.5. The summed E-state index contributed by atoms with van der Waals surface area (Å²) in [6.45, 7) is 2.23. The summed E-state index contributed by atoms with van der Waals surface area (Å²) in [6, 6.07) is 2.73. The van der Waals surface area contributed by atoms with Crippen molar-refractivity contribution in [2.45, 2.75) is 89.1 Å². The van der Waals surface area contributed by atoms with E-state index in [1.807, 2.05) is 6.92 Å². The third kappa shape index (κ3) is 5.84. The predicted octanol–water partition coefficient (Wildman–Crippen LogP) is 2.41. The van der Waals surface area contributed by atoms with Gasteiger partial charge in [-0.2, -0.15) is 0 Å². The van der Waals surface area contributed by atoms with E-state index in [-0.39, 0.29) is 31.6 Å². The van der Waals surface area contributed by atoms with Crippen molar-refractivity contribution in [1.82, 2.24) is 10.2 Å². The van der Waals surface area contributed by atoms with Gasteiger partial charge in [0.25, 0.3) is 0 Å². The fraction of sp³-hybridized carbons (Fsp3) is 0.655. The van der Waals surface area contributed by atoms with Crippen LogP contribution in [0.3, 0.4) is 0 Å². The van der Waals surface area contributed by atoms with Crippen molar-refractivity contribution < 1.29 is 34.4 Å². The molecule has 1 saturated carbocycles. The first-order valence-corrected chi connectivity index (χ1v) is 14.0. The van der Waals surface area contributed by atoms with Crippen LogP contribution < -0.4 is 14.8 Å². The minimum atomic E-state index is -1.07. The molecule has 1 heterocycles. The molecule has 1 aromatic carbocycles. The maximum Gasteiger partial charge on any atom is 0.247 e. The molecule has 2 aliphatic carbocycles. The van der Waals surface area contributed by atoms with Gasteiger partial charge < -0.3 is 35.0 Å². The molecular formula is C29H42N2O7. The highest BCUT2D eigenvalue weighted by molar-refractivity contribution is 5.96. The summed E-state index contributed by atoms with van der Waals surface area (Å²) in [6.07, 6.45) is 7.43. The van der Waals surface area contributed by atoms with E-state index in [1.54, 1.807) is 23.1 Å². The van der Waals surface area contributed by atoms with Gasteiger partial charge in [-0.05, 0) is 49.0 Å². The van der Waals surface area contributed by atoms with E-state index in [0.717, 1.165) is 38.5 Å². The lowest BCUT2D eigenvalue weighted by Crippen LogP contribution is -2.56. The smallest absolute Gasteiger partial charge is 0.247 e. The van der Waals surface area contributed by atoms with Crippen LogP contribution in [0.4, 0.5) is 0 Å². The first-order valence-electron chi connectivity index (χ1n) is 14.0. The third-order valence-electron chi connectivity index (χ3n) is 8.10. The average molecular weight is 531 g/mol. The maximum absolute atomic E-state index is 13.5. The summed E-state index contributed by atoms with van der Waals surface area (Å²) in [7, 11) is 1.50. The van der Waals surface area contributed by atoms with E-state index in [9.17, 15) is 24.9 Å². The van der Waals surface area contributed by atoms with Crippen molar-refractivity contribution in [1.29, 1.82) is 0 Å². The van der Waals surface area contributed by atoms with Crippen LogP contribution in [0.15, 0.2) is 23.8 Å². The van der Waals surface area contributed by atoms with Crippen LogP contribution in [-0.4, -0.2) is 77.1 Å². The van der Waals surface area contributed by atoms with E-state index >= 15 is 0 Å². The van der Waals surface area contributed by atoms with Crippen LogP contribution in [0.25, 0.3) is 0 Å². The Morgan fingerprint density at radius 2 is 1.95 bits per heavy atom. The van der Waals surface area contributed by atoms with Gasteiger partial charge in [0.2, 0.25) is 11.8 Å². The lowest BCUT2D eigenvalue weighted by atomic mass is 9.76. The number of carbonyl (C=O) groups excluding carboxylic acids is 2. The molecule has 210 valence electrons. The number of unbranched alkanes of at least 4 members (excludes halogenated alkanes) is 1. The van der Waals surface area contributed by atoms with Crippen molar-refractivity contribution in [3.63, 3.8) is 0 Å². The molecule has 2 amide bonds. The second kappa shape index (κ2) is 13.0. The molecule has 0 unspecified atom stereocenters. The largest absolute Gasteiger partial charge is 0.493 e. The third-order valence-corrected chi connectivity index (χ3v) is 8.10. The highest BCUT2D eigenvalue weighted by Gasteiger charge is 2.51. The Morgan fingerprint density at radius 1 is 1.18 bits per heavy atom. The molecular weight excluding hydrogens is 488 g/mol. The van der Waals surface area contributed by atoms with Gasteiger partial charge in [-0.15, -0.1) is 0 Å². The van der Waals surface area contributed by atoms with Gasteiger partial charge in [-0.1, -0.05) is 32.6 Å². The first kappa shape index (κ1) is 28.4. The summed E-state index contributed by atoms with van der Waals surface area (Å²) in [5, 5.41) is 33.6. The van der Waals surface area contributed by atoms with Crippen molar-refractivity contribution in [3.8, 4) is 11.5 Å². The summed E-state index contributed by atoms with van der Waals surface area (Å²) in [5.41, 5.74) is 1.63. The minimum absolute atomic E-state index is 0.0260. The second-order valence-corrected chi connectivity index (χ2v) is 10.7. The number of methoxy groups -OCH3 is 1. The van der Waals surface area contributed by atoms with Gasteiger partial charge in [-0.25, -0.2) is 0 Å². The van der Waals surface area contributed by atoms with Gasteiger partial charge in [0.05, 0.1) is 32.3 Å². The Kier molecular flexibility index (Phi) is 9.68. The molecule has 3 aliphatic rings. The van der Waals surface area contributed by atoms with E-state index in [1.165, 1.54) is 13.5 Å². The zero-order valence-corrected chi connectivity index (χ0v) is 22.5. The lowest BCUT2D eigenvalue weighted by molar-refractivity contribution is -0.138. The molecule has 0 saturated heterocycles. The predicted molar refractivity (Wildman–Crippen MR) is 142 cm³/mol. The van der Waals surface area contributed by atoms with Crippen molar-refractivity contribution in [2.75, 3.05) is 26.8 Å². The Bertz CT molecular complexity index is 1020. The van der Waals surface area contributed by atoms with Crippen LogP contribution in [-0.2, 0) is 16.2 Å². The van der Waals surface area contributed by atoms with Crippen LogP contribution in [0, 0.1) is 5.92 Å². The zero-order valence-electron chi connectivity index (χ0n) is 22.5. The molecule has 0 spiro atoms. The second-order valence-electron chi connectivity index (χ2n) is 10.7. The number of benzene rings is 1. The molecule has 38 heavy (non-hydrogen) atoms. The number of carbonyl (C=O) groups is 2. The summed E-state index contributed by atoms with van der Waals surface area (Å²) < 4.78 is 11.8. The summed E-state index contributed by atoms with van der Waals surface area (Å²) >= 11 is 0. The molecule has 9 nitrogen and oxygen atoms in total. The molecule has 1 aliphatic heterocycles. The van der Waals surface area contributed by atoms with Crippen LogP contribution >= 0.6 is 0 Å². The monoisotopic (exact) mass is 530 g/mol. The first-order chi connectivity index (χ1) is 18.4. The zero-order chi connectivity index (χ0) is 27.2. The number of nitrogens with zero attached hydrogens (tertiary/aromatic N) is 1. The molecule has 1 fully saturated rings. The van der Waals surface area contributed by atoms with Crippen molar-refractivity contribution in [3.05, 3.63) is 34.9 Å². The quantitative estimate of drug-likeness (QED) is 0.346. The van der Waals surface area contributed by atoms with Gasteiger partial charge in [-0.3, -0.25) is 9.59 Å². The number of aliphatic hydroxyl groups excluding tert-OH is 3. The Labute approximate surface area is 224 Å². The van der Waals surface area contributed by atoms with Crippen LogP contribution in [0.5, 0.6) is 11.5 Å². The molecule has 4 rings (SSSR count). The Balaban J connectivity index is 1.76. The number of fused-ring (bicyclic) bond motifs is 3. The highest BCUT2D eigenvalue weighted by atomic mass is 16.5. The lowest BCUT2D eigenvalue weighted by Gasteiger charge is -2.42. The number of rotatable bonds is 11. The highest BCUT2D eigenvalue weighted by Crippen LogP contribution is 2.51. The molecule has 9 heteroatoms. The molecule has 4 atom stereocenters. The Morgan fingerprint density at radius 3 is 2.61 bits per heavy atom. The van der Waals surface area contributed by atoms with E-state index in [2.05, 4.69) is 5.32 Å².